The zero-order valence-electron chi connectivity index (χ0n) is 18.0. The van der Waals surface area contributed by atoms with Gasteiger partial charge in [-0.15, -0.1) is 0 Å². The average molecular weight is 408 g/mol. The largest absolute Gasteiger partial charge is 0.399 e. The van der Waals surface area contributed by atoms with E-state index in [-0.39, 0.29) is 34.6 Å². The molecule has 4 aliphatic rings. The summed E-state index contributed by atoms with van der Waals surface area (Å²) in [5.41, 5.74) is 7.44. The summed E-state index contributed by atoms with van der Waals surface area (Å²) in [5, 5.41) is 6.35. The number of rotatable bonds is 2. The predicted molar refractivity (Wildman–Crippen MR) is 118 cm³/mol. The van der Waals surface area contributed by atoms with Crippen LogP contribution in [0.25, 0.3) is 0 Å². The number of nitrogens with one attached hydrogen (secondary N) is 2. The van der Waals surface area contributed by atoms with E-state index in [0.717, 1.165) is 44.2 Å². The molecule has 5 rings (SSSR count). The van der Waals surface area contributed by atoms with Gasteiger partial charge in [-0.3, -0.25) is 9.59 Å². The molecule has 30 heavy (non-hydrogen) atoms. The Balaban J connectivity index is 1.37. The molecule has 1 aromatic rings. The van der Waals surface area contributed by atoms with Gasteiger partial charge in [0.25, 0.3) is 0 Å². The van der Waals surface area contributed by atoms with Crippen LogP contribution >= 0.6 is 0 Å². The lowest BCUT2D eigenvalue weighted by Gasteiger charge is -2.58. The first-order chi connectivity index (χ1) is 14.3. The van der Waals surface area contributed by atoms with Gasteiger partial charge in [-0.25, -0.2) is 0 Å². The van der Waals surface area contributed by atoms with E-state index in [9.17, 15) is 9.59 Å². The average Bonchev–Trinajstić information content (AvgIpc) is 3.06. The number of carbonyl (C=O) groups excluding carboxylic acids is 2. The lowest BCUT2D eigenvalue weighted by Crippen LogP contribution is -2.59. The zero-order valence-corrected chi connectivity index (χ0v) is 18.0. The molecule has 3 aliphatic carbocycles. The Hall–Kier alpha value is -2.30. The third-order valence-electron chi connectivity index (χ3n) is 9.16. The van der Waals surface area contributed by atoms with Gasteiger partial charge in [0.2, 0.25) is 11.8 Å². The van der Waals surface area contributed by atoms with Crippen molar-refractivity contribution in [2.45, 2.75) is 58.4 Å². The Kier molecular flexibility index (Phi) is 4.49. The molecule has 5 heteroatoms. The number of nitrogen functional groups attached to an aromatic ring is 1. The van der Waals surface area contributed by atoms with Crippen molar-refractivity contribution in [1.29, 1.82) is 0 Å². The molecule has 1 aliphatic heterocycles. The van der Waals surface area contributed by atoms with Crippen LogP contribution < -0.4 is 16.4 Å². The summed E-state index contributed by atoms with van der Waals surface area (Å²) in [6, 6.07) is 7.71. The molecule has 160 valence electrons. The summed E-state index contributed by atoms with van der Waals surface area (Å²) >= 11 is 0. The fraction of sp³-hybridized carbons (Fsp3) is 0.600. The van der Waals surface area contributed by atoms with Crippen molar-refractivity contribution in [3.63, 3.8) is 0 Å². The molecule has 0 saturated heterocycles. The van der Waals surface area contributed by atoms with Crippen LogP contribution in [0.5, 0.6) is 0 Å². The third kappa shape index (κ3) is 2.89. The number of amides is 2. The van der Waals surface area contributed by atoms with Gasteiger partial charge < -0.3 is 16.4 Å². The van der Waals surface area contributed by atoms with Crippen molar-refractivity contribution >= 4 is 23.2 Å². The molecule has 0 radical (unpaired) electrons. The van der Waals surface area contributed by atoms with Crippen LogP contribution in [0.4, 0.5) is 11.4 Å². The Morgan fingerprint density at radius 1 is 1.13 bits per heavy atom. The minimum absolute atomic E-state index is 0.0417. The summed E-state index contributed by atoms with van der Waals surface area (Å²) < 4.78 is 0. The molecule has 4 N–H and O–H groups in total. The summed E-state index contributed by atoms with van der Waals surface area (Å²) in [6.45, 7) is 4.70. The van der Waals surface area contributed by atoms with E-state index in [4.69, 9.17) is 5.73 Å². The highest BCUT2D eigenvalue weighted by Gasteiger charge is 2.60. The Morgan fingerprint density at radius 3 is 2.77 bits per heavy atom. The first-order valence-electron chi connectivity index (χ1n) is 11.5. The maximum atomic E-state index is 13.3. The standard InChI is InChI=1S/C25H33N3O2/c1-24-12-10-19-17(6-9-21-25(19,2)13-11-22(29)28-21)18(24)7-8-20(24)23(30)27-16-5-3-4-15(26)14-16/h3-5,11,13-14,17-21H,6-10,12,26H2,1-2H3,(H,27,30)(H,28,29)/t17-,18-,19+,20?,21?,24-,25+/m0/s1. The molecule has 7 atom stereocenters. The van der Waals surface area contributed by atoms with Crippen molar-refractivity contribution in [2.24, 2.45) is 34.5 Å². The SMILES string of the molecule is C[C@]12C=CC(=O)NC1CC[C@@H]1[C@H]2CC[C@]2(C)C(C(=O)Nc3cccc(N)c3)CC[C@@H]12. The maximum Gasteiger partial charge on any atom is 0.243 e. The molecule has 3 fully saturated rings. The number of hydrogen-bond acceptors (Lipinski definition) is 3. The highest BCUT2D eigenvalue weighted by Crippen LogP contribution is 2.65. The van der Waals surface area contributed by atoms with Gasteiger partial charge in [0, 0.05) is 28.7 Å². The summed E-state index contributed by atoms with van der Waals surface area (Å²) in [5.74, 6) is 2.05. The van der Waals surface area contributed by atoms with E-state index in [1.165, 1.54) is 0 Å². The molecule has 1 aromatic carbocycles. The fourth-order valence-corrected chi connectivity index (χ4v) is 7.61. The third-order valence-corrected chi connectivity index (χ3v) is 9.16. The van der Waals surface area contributed by atoms with Gasteiger partial charge in [0.1, 0.15) is 0 Å². The fourth-order valence-electron chi connectivity index (χ4n) is 7.61. The molecule has 5 nitrogen and oxygen atoms in total. The highest BCUT2D eigenvalue weighted by atomic mass is 16.2. The highest BCUT2D eigenvalue weighted by molar-refractivity contribution is 5.93. The van der Waals surface area contributed by atoms with Crippen LogP contribution in [0, 0.1) is 34.5 Å². The minimum atomic E-state index is 0.0417. The van der Waals surface area contributed by atoms with E-state index >= 15 is 0 Å². The topological polar surface area (TPSA) is 84.2 Å². The number of anilines is 2. The number of hydrogen-bond donors (Lipinski definition) is 3. The second-order valence-electron chi connectivity index (χ2n) is 10.5. The molecule has 0 aromatic heterocycles. The summed E-state index contributed by atoms with van der Waals surface area (Å²) in [7, 11) is 0. The smallest absolute Gasteiger partial charge is 0.243 e. The van der Waals surface area contributed by atoms with Crippen LogP contribution in [0.15, 0.2) is 36.4 Å². The van der Waals surface area contributed by atoms with E-state index < -0.39 is 0 Å². The summed E-state index contributed by atoms with van der Waals surface area (Å²) in [6.07, 6.45) is 10.4. The van der Waals surface area contributed by atoms with Gasteiger partial charge in [-0.1, -0.05) is 26.0 Å². The van der Waals surface area contributed by atoms with Crippen LogP contribution in [-0.2, 0) is 9.59 Å². The molecule has 1 heterocycles. The number of fused-ring (bicyclic) bond motifs is 5. The van der Waals surface area contributed by atoms with Crippen molar-refractivity contribution in [3.05, 3.63) is 36.4 Å². The first kappa shape index (κ1) is 19.7. The van der Waals surface area contributed by atoms with Crippen LogP contribution in [0.1, 0.15) is 52.4 Å². The Labute approximate surface area is 178 Å². The number of carbonyl (C=O) groups is 2. The van der Waals surface area contributed by atoms with E-state index in [0.29, 0.717) is 23.4 Å². The van der Waals surface area contributed by atoms with Crippen molar-refractivity contribution < 1.29 is 9.59 Å². The lowest BCUT2D eigenvalue weighted by atomic mass is 9.48. The second kappa shape index (κ2) is 6.86. The second-order valence-corrected chi connectivity index (χ2v) is 10.5. The van der Waals surface area contributed by atoms with Crippen molar-refractivity contribution in [1.82, 2.24) is 5.32 Å². The van der Waals surface area contributed by atoms with Gasteiger partial charge in [0.15, 0.2) is 0 Å². The van der Waals surface area contributed by atoms with Gasteiger partial charge >= 0.3 is 0 Å². The van der Waals surface area contributed by atoms with Crippen LogP contribution in [0.3, 0.4) is 0 Å². The molecular formula is C25H33N3O2. The van der Waals surface area contributed by atoms with E-state index in [2.05, 4.69) is 30.6 Å². The van der Waals surface area contributed by atoms with E-state index in [1.807, 2.05) is 24.3 Å². The molecule has 2 amide bonds. The van der Waals surface area contributed by atoms with Crippen LogP contribution in [-0.4, -0.2) is 17.9 Å². The molecule has 3 saturated carbocycles. The van der Waals surface area contributed by atoms with Gasteiger partial charge in [-0.2, -0.15) is 0 Å². The summed E-state index contributed by atoms with van der Waals surface area (Å²) in [4.78, 5) is 25.2. The minimum Gasteiger partial charge on any atom is -0.399 e. The Bertz CT molecular complexity index is 911. The zero-order chi connectivity index (χ0) is 21.1. The number of nitrogens with two attached hydrogens (primary N) is 1. The van der Waals surface area contributed by atoms with Crippen LogP contribution in [0.2, 0.25) is 0 Å². The lowest BCUT2D eigenvalue weighted by molar-refractivity contribution is -0.129. The maximum absolute atomic E-state index is 13.3. The van der Waals surface area contributed by atoms with Gasteiger partial charge in [-0.05, 0) is 86.0 Å². The Morgan fingerprint density at radius 2 is 1.97 bits per heavy atom. The predicted octanol–water partition coefficient (Wildman–Crippen LogP) is 4.12. The number of benzene rings is 1. The monoisotopic (exact) mass is 407 g/mol. The normalized spacial score (nSPS) is 41.9. The van der Waals surface area contributed by atoms with Crippen molar-refractivity contribution in [2.75, 3.05) is 11.1 Å². The quantitative estimate of drug-likeness (QED) is 0.645. The van der Waals surface area contributed by atoms with Gasteiger partial charge in [0.05, 0.1) is 0 Å². The van der Waals surface area contributed by atoms with Crippen molar-refractivity contribution in [3.8, 4) is 0 Å². The molecule has 2 unspecified atom stereocenters. The first-order valence-corrected chi connectivity index (χ1v) is 11.5. The molecular weight excluding hydrogens is 374 g/mol. The molecule has 0 bridgehead atoms. The molecule has 0 spiro atoms. The van der Waals surface area contributed by atoms with E-state index in [1.54, 1.807) is 6.08 Å².